The minimum atomic E-state index is -0.0638. The second-order valence-corrected chi connectivity index (χ2v) is 8.52. The molecule has 0 unspecified atom stereocenters. The third-order valence-corrected chi connectivity index (χ3v) is 6.63. The van der Waals surface area contributed by atoms with Crippen molar-refractivity contribution in [1.29, 1.82) is 0 Å². The first-order chi connectivity index (χ1) is 14.7. The van der Waals surface area contributed by atoms with E-state index in [1.54, 1.807) is 18.0 Å². The second kappa shape index (κ2) is 10.1. The monoisotopic (exact) mass is 429 g/mol. The zero-order valence-electron chi connectivity index (χ0n) is 16.9. The van der Waals surface area contributed by atoms with E-state index in [2.05, 4.69) is 10.2 Å². The molecular formula is C22H27N3O4S. The average molecular weight is 430 g/mol. The lowest BCUT2D eigenvalue weighted by atomic mass is 10.1. The topological polar surface area (TPSA) is 75.0 Å². The van der Waals surface area contributed by atoms with Crippen LogP contribution in [0.5, 0.6) is 0 Å². The van der Waals surface area contributed by atoms with Crippen LogP contribution in [0.4, 0.5) is 0 Å². The molecule has 2 aliphatic rings. The van der Waals surface area contributed by atoms with Gasteiger partial charge >= 0.3 is 0 Å². The fraction of sp³-hybridized carbons (Fsp3) is 0.455. The highest BCUT2D eigenvalue weighted by Gasteiger charge is 2.33. The summed E-state index contributed by atoms with van der Waals surface area (Å²) in [7, 11) is 0. The van der Waals surface area contributed by atoms with Crippen molar-refractivity contribution in [2.24, 2.45) is 0 Å². The van der Waals surface area contributed by atoms with Gasteiger partial charge in [-0.3, -0.25) is 14.5 Å². The minimum Gasteiger partial charge on any atom is -0.467 e. The Morgan fingerprint density at radius 3 is 2.70 bits per heavy atom. The molecule has 30 heavy (non-hydrogen) atoms. The van der Waals surface area contributed by atoms with E-state index in [1.807, 2.05) is 41.3 Å². The molecule has 2 fully saturated rings. The summed E-state index contributed by atoms with van der Waals surface area (Å²) in [5.41, 5.74) is 1.65. The number of hydrogen-bond acceptors (Lipinski definition) is 6. The number of morpholine rings is 1. The summed E-state index contributed by atoms with van der Waals surface area (Å²) in [5.74, 6) is 1.26. The van der Waals surface area contributed by atoms with E-state index in [0.29, 0.717) is 24.4 Å². The van der Waals surface area contributed by atoms with Crippen LogP contribution in [-0.4, -0.2) is 66.8 Å². The number of benzene rings is 1. The van der Waals surface area contributed by atoms with Gasteiger partial charge < -0.3 is 19.4 Å². The number of hydrogen-bond donors (Lipinski definition) is 1. The summed E-state index contributed by atoms with van der Waals surface area (Å²) in [6, 6.07) is 11.2. The summed E-state index contributed by atoms with van der Waals surface area (Å²) in [6.45, 7) is 5.60. The van der Waals surface area contributed by atoms with Crippen molar-refractivity contribution in [2.45, 2.75) is 18.3 Å². The average Bonchev–Trinajstić information content (AvgIpc) is 3.42. The molecule has 0 saturated carbocycles. The van der Waals surface area contributed by atoms with E-state index in [4.69, 9.17) is 9.15 Å². The first-order valence-corrected chi connectivity index (χ1v) is 11.4. The molecule has 1 aromatic carbocycles. The van der Waals surface area contributed by atoms with Gasteiger partial charge in [-0.2, -0.15) is 0 Å². The molecule has 2 aliphatic heterocycles. The van der Waals surface area contributed by atoms with E-state index in [-0.39, 0.29) is 17.2 Å². The van der Waals surface area contributed by atoms with Crippen LogP contribution in [0, 0.1) is 0 Å². The quantitative estimate of drug-likeness (QED) is 0.650. The first kappa shape index (κ1) is 21.0. The van der Waals surface area contributed by atoms with Crippen molar-refractivity contribution in [3.8, 4) is 0 Å². The summed E-state index contributed by atoms with van der Waals surface area (Å²) in [5, 5.41) is 2.93. The van der Waals surface area contributed by atoms with Gasteiger partial charge in [0.15, 0.2) is 0 Å². The van der Waals surface area contributed by atoms with E-state index in [9.17, 15) is 9.59 Å². The van der Waals surface area contributed by atoms with Crippen LogP contribution in [0.1, 0.15) is 33.5 Å². The molecule has 0 spiro atoms. The maximum absolute atomic E-state index is 12.4. The largest absolute Gasteiger partial charge is 0.467 e. The van der Waals surface area contributed by atoms with Crippen molar-refractivity contribution < 1.29 is 18.7 Å². The van der Waals surface area contributed by atoms with Gasteiger partial charge in [0.1, 0.15) is 11.1 Å². The van der Waals surface area contributed by atoms with Gasteiger partial charge in [-0.15, -0.1) is 11.8 Å². The number of furan rings is 1. The highest BCUT2D eigenvalue weighted by atomic mass is 32.2. The normalized spacial score (nSPS) is 19.9. The molecule has 0 bridgehead atoms. The van der Waals surface area contributed by atoms with Crippen molar-refractivity contribution in [3.05, 3.63) is 59.5 Å². The maximum atomic E-state index is 12.4. The summed E-state index contributed by atoms with van der Waals surface area (Å²) in [6.07, 6.45) is 2.54. The predicted octanol–water partition coefficient (Wildman–Crippen LogP) is 2.51. The van der Waals surface area contributed by atoms with E-state index in [1.165, 1.54) is 0 Å². The van der Waals surface area contributed by atoms with Crippen LogP contribution in [0.25, 0.3) is 0 Å². The zero-order valence-corrected chi connectivity index (χ0v) is 17.7. The van der Waals surface area contributed by atoms with Crippen LogP contribution in [-0.2, 0) is 16.1 Å². The standard InChI is InChI=1S/C22H27N3O4S/c26-20-16-30-22(25(20)15-19-3-1-12-29-19)18-6-4-17(5-7-18)21(27)23-8-2-9-24-10-13-28-14-11-24/h1,3-7,12,22H,2,8-11,13-16H2,(H,23,27)/t22-/m1/s1. The smallest absolute Gasteiger partial charge is 0.251 e. The molecule has 1 aromatic heterocycles. The Bertz CT molecular complexity index is 835. The fourth-order valence-electron chi connectivity index (χ4n) is 3.70. The van der Waals surface area contributed by atoms with Crippen molar-refractivity contribution in [3.63, 3.8) is 0 Å². The molecule has 2 aromatic rings. The van der Waals surface area contributed by atoms with Crippen molar-refractivity contribution >= 4 is 23.6 Å². The molecule has 1 atom stereocenters. The van der Waals surface area contributed by atoms with Crippen LogP contribution in [0.15, 0.2) is 47.1 Å². The number of nitrogens with zero attached hydrogens (tertiary/aromatic N) is 2. The highest BCUT2D eigenvalue weighted by molar-refractivity contribution is 8.00. The number of thioether (sulfide) groups is 1. The first-order valence-electron chi connectivity index (χ1n) is 10.3. The van der Waals surface area contributed by atoms with Crippen LogP contribution in [0.2, 0.25) is 0 Å². The minimum absolute atomic E-state index is 0.0618. The van der Waals surface area contributed by atoms with Gasteiger partial charge in [0.05, 0.1) is 31.8 Å². The predicted molar refractivity (Wildman–Crippen MR) is 115 cm³/mol. The van der Waals surface area contributed by atoms with Crippen molar-refractivity contribution in [2.75, 3.05) is 45.1 Å². The Morgan fingerprint density at radius 2 is 1.97 bits per heavy atom. The van der Waals surface area contributed by atoms with Crippen molar-refractivity contribution in [1.82, 2.24) is 15.1 Å². The maximum Gasteiger partial charge on any atom is 0.251 e. The van der Waals surface area contributed by atoms with Crippen LogP contribution < -0.4 is 5.32 Å². The number of rotatable bonds is 8. The summed E-state index contributed by atoms with van der Waals surface area (Å²) in [4.78, 5) is 28.9. The van der Waals surface area contributed by atoms with E-state index < -0.39 is 0 Å². The molecule has 160 valence electrons. The third-order valence-electron chi connectivity index (χ3n) is 5.37. The SMILES string of the molecule is O=C(NCCCN1CCOCC1)c1ccc([C@H]2SCC(=O)N2Cc2ccco2)cc1. The Hall–Kier alpha value is -2.29. The van der Waals surface area contributed by atoms with Crippen LogP contribution in [0.3, 0.4) is 0 Å². The van der Waals surface area contributed by atoms with Gasteiger partial charge in [-0.25, -0.2) is 0 Å². The molecule has 2 saturated heterocycles. The molecular weight excluding hydrogens is 402 g/mol. The zero-order chi connectivity index (χ0) is 20.8. The Balaban J connectivity index is 1.28. The number of ether oxygens (including phenoxy) is 1. The molecule has 7 nitrogen and oxygen atoms in total. The number of carbonyl (C=O) groups is 2. The molecule has 4 rings (SSSR count). The lowest BCUT2D eigenvalue weighted by Crippen LogP contribution is -2.38. The number of amides is 2. The van der Waals surface area contributed by atoms with Gasteiger partial charge in [0, 0.05) is 25.2 Å². The molecule has 0 aliphatic carbocycles. The number of nitrogens with one attached hydrogen (secondary N) is 1. The lowest BCUT2D eigenvalue weighted by Gasteiger charge is -2.26. The van der Waals surface area contributed by atoms with Gasteiger partial charge in [0.2, 0.25) is 5.91 Å². The Morgan fingerprint density at radius 1 is 1.17 bits per heavy atom. The molecule has 0 radical (unpaired) electrons. The lowest BCUT2D eigenvalue weighted by molar-refractivity contribution is -0.128. The molecule has 8 heteroatoms. The molecule has 2 amide bonds. The molecule has 1 N–H and O–H groups in total. The highest BCUT2D eigenvalue weighted by Crippen LogP contribution is 2.39. The van der Waals surface area contributed by atoms with Gasteiger partial charge in [0.25, 0.3) is 5.91 Å². The van der Waals surface area contributed by atoms with Crippen LogP contribution >= 0.6 is 11.8 Å². The fourth-order valence-corrected chi connectivity index (χ4v) is 4.89. The second-order valence-electron chi connectivity index (χ2n) is 7.45. The molecule has 3 heterocycles. The van der Waals surface area contributed by atoms with E-state index >= 15 is 0 Å². The van der Waals surface area contributed by atoms with Gasteiger partial charge in [-0.1, -0.05) is 12.1 Å². The third kappa shape index (κ3) is 5.24. The Kier molecular flexibility index (Phi) is 7.09. The summed E-state index contributed by atoms with van der Waals surface area (Å²) >= 11 is 1.60. The Labute approximate surface area is 180 Å². The van der Waals surface area contributed by atoms with Gasteiger partial charge in [-0.05, 0) is 42.8 Å². The van der Waals surface area contributed by atoms with E-state index in [0.717, 1.165) is 50.6 Å². The number of carbonyl (C=O) groups excluding carboxylic acids is 2. The summed E-state index contributed by atoms with van der Waals surface area (Å²) < 4.78 is 10.7.